The highest BCUT2D eigenvalue weighted by Gasteiger charge is 2.43. The number of benzene rings is 2. The summed E-state index contributed by atoms with van der Waals surface area (Å²) in [7, 11) is 0. The Morgan fingerprint density at radius 3 is 1.89 bits per heavy atom. The molecule has 0 saturated carbocycles. The Kier molecular flexibility index (Phi) is 7.82. The summed E-state index contributed by atoms with van der Waals surface area (Å²) in [6.07, 6.45) is -0.843. The molecule has 2 saturated heterocycles. The zero-order valence-electron chi connectivity index (χ0n) is 19.8. The SMILES string of the molecule is O=C(OCc1ccc([N+](=O)[O-])cc1)N1CC[C@@H]([C@@H]2C[C@@H](O)CN2C(=O)OCc2ccc([N+](=O)[O-])cc2)C1. The first-order chi connectivity index (χ1) is 17.7. The Bertz CT molecular complexity index is 1160. The molecule has 0 aliphatic carbocycles. The fraction of sp³-hybridized carbons (Fsp3) is 0.417. The van der Waals surface area contributed by atoms with Crippen molar-refractivity contribution < 1.29 is 34.0 Å². The number of nitrogens with zero attached hydrogens (tertiary/aromatic N) is 4. The summed E-state index contributed by atoms with van der Waals surface area (Å²) in [6.45, 7) is 0.804. The summed E-state index contributed by atoms with van der Waals surface area (Å²) in [5.41, 5.74) is 1.11. The van der Waals surface area contributed by atoms with E-state index in [1.54, 1.807) is 4.90 Å². The molecule has 2 heterocycles. The van der Waals surface area contributed by atoms with Crippen LogP contribution >= 0.6 is 0 Å². The Morgan fingerprint density at radius 2 is 1.38 bits per heavy atom. The first-order valence-electron chi connectivity index (χ1n) is 11.7. The molecule has 13 nitrogen and oxygen atoms in total. The minimum atomic E-state index is -0.708. The minimum absolute atomic E-state index is 0.0266. The van der Waals surface area contributed by atoms with E-state index in [-0.39, 0.29) is 43.1 Å². The summed E-state index contributed by atoms with van der Waals surface area (Å²) in [5.74, 6) is -0.0731. The van der Waals surface area contributed by atoms with Crippen molar-refractivity contribution in [3.8, 4) is 0 Å². The van der Waals surface area contributed by atoms with Gasteiger partial charge in [-0.2, -0.15) is 0 Å². The molecule has 1 N–H and O–H groups in total. The second-order valence-corrected chi connectivity index (χ2v) is 9.06. The van der Waals surface area contributed by atoms with Gasteiger partial charge in [-0.1, -0.05) is 0 Å². The minimum Gasteiger partial charge on any atom is -0.445 e. The number of aliphatic hydroxyl groups is 1. The van der Waals surface area contributed by atoms with E-state index in [1.807, 2.05) is 0 Å². The lowest BCUT2D eigenvalue weighted by atomic mass is 9.96. The molecule has 2 aromatic rings. The summed E-state index contributed by atoms with van der Waals surface area (Å²) < 4.78 is 10.7. The Hall–Kier alpha value is -4.26. The van der Waals surface area contributed by atoms with Crippen molar-refractivity contribution in [2.45, 2.75) is 38.2 Å². The van der Waals surface area contributed by atoms with Gasteiger partial charge in [0.2, 0.25) is 0 Å². The Labute approximate surface area is 211 Å². The number of aliphatic hydroxyl groups excluding tert-OH is 1. The van der Waals surface area contributed by atoms with Crippen LogP contribution in [0.15, 0.2) is 48.5 Å². The van der Waals surface area contributed by atoms with Gasteiger partial charge < -0.3 is 24.4 Å². The maximum atomic E-state index is 12.8. The van der Waals surface area contributed by atoms with Crippen molar-refractivity contribution in [3.63, 3.8) is 0 Å². The lowest BCUT2D eigenvalue weighted by molar-refractivity contribution is -0.385. The highest BCUT2D eigenvalue weighted by molar-refractivity contribution is 5.69. The first kappa shape index (κ1) is 25.8. The van der Waals surface area contributed by atoms with Gasteiger partial charge in [-0.15, -0.1) is 0 Å². The van der Waals surface area contributed by atoms with E-state index in [1.165, 1.54) is 53.4 Å². The van der Waals surface area contributed by atoms with Crippen LogP contribution in [0.5, 0.6) is 0 Å². The molecule has 4 rings (SSSR count). The van der Waals surface area contributed by atoms with Gasteiger partial charge >= 0.3 is 12.2 Å². The molecule has 13 heteroatoms. The van der Waals surface area contributed by atoms with Crippen LogP contribution in [0.25, 0.3) is 0 Å². The maximum absolute atomic E-state index is 12.8. The predicted octanol–water partition coefficient (Wildman–Crippen LogP) is 3.23. The van der Waals surface area contributed by atoms with Gasteiger partial charge in [0, 0.05) is 43.4 Å². The number of amides is 2. The molecular weight excluding hydrogens is 488 g/mol. The summed E-state index contributed by atoms with van der Waals surface area (Å²) in [6, 6.07) is 11.1. The van der Waals surface area contributed by atoms with E-state index < -0.39 is 28.1 Å². The zero-order valence-corrected chi connectivity index (χ0v) is 19.8. The van der Waals surface area contributed by atoms with Gasteiger partial charge in [-0.3, -0.25) is 20.2 Å². The van der Waals surface area contributed by atoms with Crippen molar-refractivity contribution in [2.24, 2.45) is 5.92 Å². The molecule has 2 fully saturated rings. The van der Waals surface area contributed by atoms with E-state index in [4.69, 9.17) is 9.47 Å². The number of hydrogen-bond acceptors (Lipinski definition) is 9. The molecule has 3 atom stereocenters. The molecule has 0 bridgehead atoms. The van der Waals surface area contributed by atoms with Crippen LogP contribution in [0.1, 0.15) is 24.0 Å². The van der Waals surface area contributed by atoms with Crippen LogP contribution in [0.2, 0.25) is 0 Å². The number of ether oxygens (including phenoxy) is 2. The molecular formula is C24H26N4O9. The standard InChI is InChI=1S/C24H26N4O9/c29-21-11-22(26(13-21)24(31)37-15-17-3-7-20(8-4-17)28(34)35)18-9-10-25(12-18)23(30)36-14-16-1-5-19(6-2-16)27(32)33/h1-8,18,21-22,29H,9-15H2/t18-,21-,22+/m1/s1. The maximum Gasteiger partial charge on any atom is 0.410 e. The van der Waals surface area contributed by atoms with Crippen LogP contribution in [0.3, 0.4) is 0 Å². The van der Waals surface area contributed by atoms with Crippen LogP contribution in [-0.2, 0) is 22.7 Å². The van der Waals surface area contributed by atoms with E-state index in [0.29, 0.717) is 37.1 Å². The van der Waals surface area contributed by atoms with Crippen LogP contribution in [-0.4, -0.2) is 68.7 Å². The van der Waals surface area contributed by atoms with E-state index >= 15 is 0 Å². The third kappa shape index (κ3) is 6.30. The zero-order chi connectivity index (χ0) is 26.5. The fourth-order valence-corrected chi connectivity index (χ4v) is 4.66. The summed E-state index contributed by atoms with van der Waals surface area (Å²) in [5, 5.41) is 31.8. The number of hydrogen-bond donors (Lipinski definition) is 1. The largest absolute Gasteiger partial charge is 0.445 e. The third-order valence-corrected chi connectivity index (χ3v) is 6.60. The molecule has 196 valence electrons. The molecule has 0 radical (unpaired) electrons. The van der Waals surface area contributed by atoms with Crippen molar-refractivity contribution >= 4 is 23.6 Å². The molecule has 2 aliphatic rings. The van der Waals surface area contributed by atoms with Crippen molar-refractivity contribution in [2.75, 3.05) is 19.6 Å². The van der Waals surface area contributed by atoms with Crippen LogP contribution in [0.4, 0.5) is 21.0 Å². The average Bonchev–Trinajstić information content (AvgIpc) is 3.53. The van der Waals surface area contributed by atoms with Gasteiger partial charge in [-0.25, -0.2) is 9.59 Å². The third-order valence-electron chi connectivity index (χ3n) is 6.60. The van der Waals surface area contributed by atoms with Crippen molar-refractivity contribution in [1.29, 1.82) is 0 Å². The number of nitro benzene ring substituents is 2. The van der Waals surface area contributed by atoms with E-state index in [0.717, 1.165) is 0 Å². The average molecular weight is 514 g/mol. The van der Waals surface area contributed by atoms with Crippen molar-refractivity contribution in [1.82, 2.24) is 9.80 Å². The second-order valence-electron chi connectivity index (χ2n) is 9.06. The number of non-ortho nitro benzene ring substituents is 2. The molecule has 0 aromatic heterocycles. The number of carbonyl (C=O) groups is 2. The van der Waals surface area contributed by atoms with Gasteiger partial charge in [0.05, 0.1) is 22.5 Å². The summed E-state index contributed by atoms with van der Waals surface area (Å²) >= 11 is 0. The molecule has 0 spiro atoms. The smallest absolute Gasteiger partial charge is 0.410 e. The number of carbonyl (C=O) groups excluding carboxylic acids is 2. The topological polar surface area (TPSA) is 166 Å². The Balaban J connectivity index is 1.28. The van der Waals surface area contributed by atoms with Crippen LogP contribution < -0.4 is 0 Å². The molecule has 2 aromatic carbocycles. The highest BCUT2D eigenvalue weighted by atomic mass is 16.6. The monoisotopic (exact) mass is 514 g/mol. The number of rotatable bonds is 7. The molecule has 37 heavy (non-hydrogen) atoms. The Morgan fingerprint density at radius 1 is 0.865 bits per heavy atom. The van der Waals surface area contributed by atoms with Gasteiger partial charge in [0.25, 0.3) is 11.4 Å². The second kappa shape index (κ2) is 11.2. The van der Waals surface area contributed by atoms with E-state index in [9.17, 15) is 34.9 Å². The lowest BCUT2D eigenvalue weighted by Crippen LogP contribution is -2.42. The van der Waals surface area contributed by atoms with Gasteiger partial charge in [0.1, 0.15) is 13.2 Å². The fourth-order valence-electron chi connectivity index (χ4n) is 4.66. The number of nitro groups is 2. The summed E-state index contributed by atoms with van der Waals surface area (Å²) in [4.78, 5) is 48.9. The quantitative estimate of drug-likeness (QED) is 0.431. The van der Waals surface area contributed by atoms with E-state index in [2.05, 4.69) is 0 Å². The van der Waals surface area contributed by atoms with Gasteiger partial charge in [0.15, 0.2) is 0 Å². The highest BCUT2D eigenvalue weighted by Crippen LogP contribution is 2.32. The van der Waals surface area contributed by atoms with Crippen LogP contribution in [0, 0.1) is 26.1 Å². The number of likely N-dealkylation sites (tertiary alicyclic amines) is 2. The first-order valence-corrected chi connectivity index (χ1v) is 11.7. The van der Waals surface area contributed by atoms with Crippen molar-refractivity contribution in [3.05, 3.63) is 79.9 Å². The molecule has 0 unspecified atom stereocenters. The predicted molar refractivity (Wildman–Crippen MR) is 127 cm³/mol. The molecule has 2 amide bonds. The lowest BCUT2D eigenvalue weighted by Gasteiger charge is -2.28. The normalized spacial score (nSPS) is 21.1. The molecule has 2 aliphatic heterocycles. The van der Waals surface area contributed by atoms with Gasteiger partial charge in [-0.05, 0) is 54.2 Å². The number of β-amino-alcohol motifs (C(OH)–C–C–N with tert-alkyl or cyclic N) is 1.